The maximum Gasteiger partial charge on any atom is 0.260 e. The fraction of sp³-hybridized carbons (Fsp3) is 0.679. The fourth-order valence-corrected chi connectivity index (χ4v) is 17.9. The molecule has 0 radical (unpaired) electrons. The van der Waals surface area contributed by atoms with Crippen LogP contribution in [0.3, 0.4) is 0 Å². The second kappa shape index (κ2) is 39.5. The van der Waals surface area contributed by atoms with E-state index in [1.165, 1.54) is 256 Å². The van der Waals surface area contributed by atoms with Crippen LogP contribution in [0.5, 0.6) is 0 Å². The Morgan fingerprint density at radius 2 is 0.955 bits per heavy atom. The molecule has 0 aliphatic carbocycles. The molecule has 3 aromatic heterocycles. The Labute approximate surface area is 562 Å². The van der Waals surface area contributed by atoms with Gasteiger partial charge in [0.1, 0.15) is 0 Å². The van der Waals surface area contributed by atoms with Gasteiger partial charge in [-0.1, -0.05) is 299 Å². The molecule has 494 valence electrons. The first-order chi connectivity index (χ1) is 43.2. The standard InChI is InChI=1S/C81H124N2O2S4/c1-9-12-15-18-21-24-26-31-36-41-47-63(46-40-35-30-23-20-17-14-11-3)61-82-67-60-66-68-59-65(67)76(78(82)84)69(86)50-45-58-81(7,8)57-44-39-34-29-28-33-38-43-49-64(48-42-37-32-27-25-22-19-16-13-10-2)62-83(68)79(85)77(66)74-54-53-71(88-74)70-51-52-72(87-70)73-55-56-75(89-73)80(4,5)6/h45,50-56,58-60,63-64,86H,9-44,46-49,57,61-62H2,1-8H3/b58-45+,69-50-. The molecule has 4 aromatic rings. The first-order valence-corrected chi connectivity index (χ1v) is 40.1. The highest BCUT2D eigenvalue weighted by molar-refractivity contribution is 7.85. The highest BCUT2D eigenvalue weighted by Gasteiger charge is 2.38. The molecule has 0 N–H and O–H groups in total. The first-order valence-electron chi connectivity index (χ1n) is 37.2. The smallest absolute Gasteiger partial charge is 0.260 e. The van der Waals surface area contributed by atoms with Crippen LogP contribution in [0.25, 0.3) is 30.7 Å². The number of allylic oxidation sites excluding steroid dienone is 3. The van der Waals surface area contributed by atoms with E-state index in [0.717, 1.165) is 69.3 Å². The van der Waals surface area contributed by atoms with Gasteiger partial charge >= 0.3 is 0 Å². The number of thiol groups is 1. The number of carbonyl (C=O) groups is 2. The van der Waals surface area contributed by atoms with E-state index in [9.17, 15) is 0 Å². The maximum atomic E-state index is 15.9. The topological polar surface area (TPSA) is 40.6 Å². The highest BCUT2D eigenvalue weighted by Crippen LogP contribution is 2.44. The quantitative estimate of drug-likeness (QED) is 0.0364. The van der Waals surface area contributed by atoms with Gasteiger partial charge in [-0.25, -0.2) is 0 Å². The Morgan fingerprint density at radius 3 is 1.48 bits per heavy atom. The van der Waals surface area contributed by atoms with Crippen LogP contribution in [0.4, 0.5) is 11.4 Å². The molecule has 3 aliphatic heterocycles. The number of unbranched alkanes of at least 4 members (excludes halogenated alkanes) is 25. The summed E-state index contributed by atoms with van der Waals surface area (Å²) in [7, 11) is 0. The van der Waals surface area contributed by atoms with Gasteiger partial charge in [-0.3, -0.25) is 9.59 Å². The molecule has 8 heteroatoms. The van der Waals surface area contributed by atoms with Gasteiger partial charge in [0.25, 0.3) is 11.8 Å². The van der Waals surface area contributed by atoms with E-state index >= 15 is 9.59 Å². The van der Waals surface area contributed by atoms with Crippen molar-refractivity contribution in [2.75, 3.05) is 22.9 Å². The van der Waals surface area contributed by atoms with Gasteiger partial charge < -0.3 is 9.80 Å². The molecule has 3 aliphatic rings. The van der Waals surface area contributed by atoms with E-state index in [1.807, 2.05) is 22.7 Å². The fourth-order valence-electron chi connectivity index (χ4n) is 14.3. The highest BCUT2D eigenvalue weighted by atomic mass is 32.1. The minimum absolute atomic E-state index is 0.0409. The molecule has 4 nitrogen and oxygen atoms in total. The largest absolute Gasteiger partial charge is 0.307 e. The summed E-state index contributed by atoms with van der Waals surface area (Å²) in [5.41, 5.74) is 3.59. The SMILES string of the molecule is CCCCCCCCCCCCC(CCCCCCCCCC)CN1C(=O)C2=c3cc4c(cc31)=C(c1ccc(-c3ccc(-c5ccc(C(C)(C)C)s5)s3)s1)C(=O)N4CC(CCCCCCCCCCCC)CCCCCCCCCCC(C)(C)/C=C/C=C/2S. The van der Waals surface area contributed by atoms with Gasteiger partial charge in [0.05, 0.1) is 22.5 Å². The third-order valence-corrected chi connectivity index (χ3v) is 24.4. The molecule has 89 heavy (non-hydrogen) atoms. The molecular weight excluding hydrogens is 1160 g/mol. The molecule has 2 amide bonds. The van der Waals surface area contributed by atoms with E-state index in [1.54, 1.807) is 11.3 Å². The monoisotopic (exact) mass is 1280 g/mol. The summed E-state index contributed by atoms with van der Waals surface area (Å²) in [5.74, 6) is 1.00. The zero-order valence-electron chi connectivity index (χ0n) is 57.8. The number of rotatable bonds is 36. The molecule has 1 aromatic carbocycles. The van der Waals surface area contributed by atoms with E-state index in [-0.39, 0.29) is 22.6 Å². The van der Waals surface area contributed by atoms with Gasteiger partial charge in [0.15, 0.2) is 0 Å². The van der Waals surface area contributed by atoms with Crippen LogP contribution < -0.4 is 20.2 Å². The van der Waals surface area contributed by atoms with Crippen molar-refractivity contribution in [3.05, 3.63) is 91.9 Å². The number of amides is 2. The molecule has 2 bridgehead atoms. The second-order valence-electron chi connectivity index (χ2n) is 29.4. The molecule has 0 spiro atoms. The van der Waals surface area contributed by atoms with Gasteiger partial charge in [-0.15, -0.1) is 46.6 Å². The number of carbonyl (C=O) groups excluding carboxylic acids is 2. The predicted molar refractivity (Wildman–Crippen MR) is 399 cm³/mol. The van der Waals surface area contributed by atoms with E-state index in [0.29, 0.717) is 30.5 Å². The molecule has 0 fully saturated rings. The lowest BCUT2D eigenvalue weighted by molar-refractivity contribution is -0.114. The second-order valence-corrected chi connectivity index (χ2v) is 33.1. The van der Waals surface area contributed by atoms with Crippen LogP contribution in [-0.2, 0) is 15.0 Å². The number of hydrogen-bond donors (Lipinski definition) is 1. The van der Waals surface area contributed by atoms with Crippen LogP contribution in [-0.4, -0.2) is 24.9 Å². The normalized spacial score (nSPS) is 18.4. The van der Waals surface area contributed by atoms with E-state index in [4.69, 9.17) is 12.6 Å². The van der Waals surface area contributed by atoms with Crippen LogP contribution in [0.1, 0.15) is 328 Å². The van der Waals surface area contributed by atoms with Crippen LogP contribution in [0.15, 0.2) is 71.7 Å². The molecule has 0 saturated heterocycles. The van der Waals surface area contributed by atoms with Crippen molar-refractivity contribution in [3.63, 3.8) is 0 Å². The molecule has 0 saturated carbocycles. The molecule has 7 rings (SSSR count). The summed E-state index contributed by atoms with van der Waals surface area (Å²) in [6, 6.07) is 18.2. The first kappa shape index (κ1) is 73.2. The van der Waals surface area contributed by atoms with Crippen molar-refractivity contribution >= 4 is 81.0 Å². The van der Waals surface area contributed by atoms with Crippen molar-refractivity contribution in [1.82, 2.24) is 0 Å². The summed E-state index contributed by atoms with van der Waals surface area (Å²) in [5, 5.41) is 1.94. The van der Waals surface area contributed by atoms with E-state index < -0.39 is 0 Å². The molecule has 2 unspecified atom stereocenters. The lowest BCUT2D eigenvalue weighted by atomic mass is 9.86. The predicted octanol–water partition coefficient (Wildman–Crippen LogP) is 25.2. The van der Waals surface area contributed by atoms with Crippen molar-refractivity contribution in [1.29, 1.82) is 0 Å². The summed E-state index contributed by atoms with van der Waals surface area (Å²) < 4.78 is 0. The van der Waals surface area contributed by atoms with Crippen LogP contribution in [0.2, 0.25) is 0 Å². The minimum atomic E-state index is 0.0409. The Kier molecular flexibility index (Phi) is 32.5. The van der Waals surface area contributed by atoms with Crippen molar-refractivity contribution in [2.45, 2.75) is 324 Å². The Balaban J connectivity index is 1.27. The molecule has 6 heterocycles. The van der Waals surface area contributed by atoms with Gasteiger partial charge in [-0.2, -0.15) is 0 Å². The third kappa shape index (κ3) is 23.7. The Morgan fingerprint density at radius 1 is 0.517 bits per heavy atom. The average molecular weight is 1290 g/mol. The van der Waals surface area contributed by atoms with Gasteiger partial charge in [0.2, 0.25) is 0 Å². The summed E-state index contributed by atoms with van der Waals surface area (Å²) >= 11 is 10.9. The third-order valence-electron chi connectivity index (χ3n) is 20.0. The number of anilines is 2. The lowest BCUT2D eigenvalue weighted by Crippen LogP contribution is -2.35. The Bertz CT molecular complexity index is 2900. The number of benzene rings is 1. The number of hydrogen-bond acceptors (Lipinski definition) is 6. The maximum absolute atomic E-state index is 15.9. The van der Waals surface area contributed by atoms with Crippen molar-refractivity contribution in [3.8, 4) is 19.5 Å². The molecular formula is C81H124N2O2S4. The summed E-state index contributed by atoms with van der Waals surface area (Å²) in [6.45, 7) is 19.9. The van der Waals surface area contributed by atoms with Gasteiger partial charge in [-0.05, 0) is 109 Å². The average Bonchev–Trinajstić information content (AvgIpc) is 1.58. The summed E-state index contributed by atoms with van der Waals surface area (Å²) in [4.78, 5) is 44.2. The zero-order chi connectivity index (χ0) is 63.3. The van der Waals surface area contributed by atoms with Crippen LogP contribution in [0, 0.1) is 17.3 Å². The zero-order valence-corrected chi connectivity index (χ0v) is 61.1. The van der Waals surface area contributed by atoms with Crippen molar-refractivity contribution in [2.24, 2.45) is 17.3 Å². The Hall–Kier alpha value is -3.17. The number of thiophene rings is 3. The lowest BCUT2D eigenvalue weighted by Gasteiger charge is -2.27. The summed E-state index contributed by atoms with van der Waals surface area (Å²) in [6.07, 6.45) is 59.6. The molecule has 2 atom stereocenters. The number of nitrogens with zero attached hydrogens (tertiary/aromatic N) is 2. The van der Waals surface area contributed by atoms with Crippen LogP contribution >= 0.6 is 46.6 Å². The van der Waals surface area contributed by atoms with Crippen molar-refractivity contribution < 1.29 is 9.59 Å². The van der Waals surface area contributed by atoms with E-state index in [2.05, 4.69) is 132 Å². The minimum Gasteiger partial charge on any atom is -0.307 e. The van der Waals surface area contributed by atoms with Gasteiger partial charge in [0, 0.05) is 57.7 Å².